The smallest absolute Gasteiger partial charge is 0.250 e. The second kappa shape index (κ2) is 5.03. The molecule has 1 amide bonds. The summed E-state index contributed by atoms with van der Waals surface area (Å²) < 4.78 is 0. The maximum absolute atomic E-state index is 11.2. The molecule has 0 aromatic heterocycles. The average Bonchev–Trinajstić information content (AvgIpc) is 2.25. The van der Waals surface area contributed by atoms with Crippen LogP contribution in [0.2, 0.25) is 0 Å². The van der Waals surface area contributed by atoms with Gasteiger partial charge in [-0.15, -0.1) is 0 Å². The Kier molecular flexibility index (Phi) is 3.72. The number of nitrogen functional groups attached to an aromatic ring is 1. The molecule has 0 radical (unpaired) electrons. The van der Waals surface area contributed by atoms with E-state index in [1.54, 1.807) is 30.1 Å². The van der Waals surface area contributed by atoms with E-state index < -0.39 is 5.91 Å². The summed E-state index contributed by atoms with van der Waals surface area (Å²) in [5, 5.41) is 8.51. The van der Waals surface area contributed by atoms with Crippen molar-refractivity contribution in [3.8, 4) is 6.07 Å². The van der Waals surface area contributed by atoms with Crippen molar-refractivity contribution in [2.24, 2.45) is 5.73 Å². The van der Waals surface area contributed by atoms with Crippen molar-refractivity contribution in [2.45, 2.75) is 6.42 Å². The van der Waals surface area contributed by atoms with Crippen LogP contribution in [-0.2, 0) is 0 Å². The Hall–Kier alpha value is -2.22. The number of amides is 1. The van der Waals surface area contributed by atoms with Gasteiger partial charge in [-0.1, -0.05) is 6.07 Å². The molecule has 0 saturated heterocycles. The van der Waals surface area contributed by atoms with Crippen molar-refractivity contribution < 1.29 is 4.79 Å². The van der Waals surface area contributed by atoms with Crippen LogP contribution in [0.15, 0.2) is 18.2 Å². The Balaban J connectivity index is 3.10. The van der Waals surface area contributed by atoms with Crippen molar-refractivity contribution in [3.05, 3.63) is 23.8 Å². The number of nitriles is 1. The zero-order valence-electron chi connectivity index (χ0n) is 9.10. The zero-order valence-corrected chi connectivity index (χ0v) is 9.10. The van der Waals surface area contributed by atoms with Crippen LogP contribution in [0, 0.1) is 11.3 Å². The third-order valence-electron chi connectivity index (χ3n) is 2.27. The van der Waals surface area contributed by atoms with E-state index in [2.05, 4.69) is 0 Å². The number of nitrogens with zero attached hydrogens (tertiary/aromatic N) is 2. The van der Waals surface area contributed by atoms with Crippen molar-refractivity contribution >= 4 is 17.3 Å². The van der Waals surface area contributed by atoms with E-state index in [0.717, 1.165) is 0 Å². The van der Waals surface area contributed by atoms with E-state index >= 15 is 0 Å². The van der Waals surface area contributed by atoms with Crippen molar-refractivity contribution in [1.29, 1.82) is 5.26 Å². The molecule has 5 nitrogen and oxygen atoms in total. The normalized spacial score (nSPS) is 9.50. The Morgan fingerprint density at radius 3 is 2.81 bits per heavy atom. The Morgan fingerprint density at radius 1 is 1.56 bits per heavy atom. The molecule has 0 spiro atoms. The first-order valence-corrected chi connectivity index (χ1v) is 4.84. The van der Waals surface area contributed by atoms with Gasteiger partial charge in [-0.3, -0.25) is 4.79 Å². The first-order chi connectivity index (χ1) is 7.57. The maximum atomic E-state index is 11.2. The largest absolute Gasteiger partial charge is 0.397 e. The number of primary amides is 1. The number of anilines is 2. The highest BCUT2D eigenvalue weighted by Crippen LogP contribution is 2.26. The molecule has 16 heavy (non-hydrogen) atoms. The number of hydrogen-bond donors (Lipinski definition) is 2. The summed E-state index contributed by atoms with van der Waals surface area (Å²) in [6.45, 7) is 0.505. The second-order valence-corrected chi connectivity index (χ2v) is 3.44. The third-order valence-corrected chi connectivity index (χ3v) is 2.27. The summed E-state index contributed by atoms with van der Waals surface area (Å²) in [6.07, 6.45) is 0.364. The highest BCUT2D eigenvalue weighted by Gasteiger charge is 2.14. The van der Waals surface area contributed by atoms with Crippen molar-refractivity contribution in [1.82, 2.24) is 0 Å². The summed E-state index contributed by atoms with van der Waals surface area (Å²) in [4.78, 5) is 13.0. The van der Waals surface area contributed by atoms with Gasteiger partial charge < -0.3 is 16.4 Å². The summed E-state index contributed by atoms with van der Waals surface area (Å²) in [7, 11) is 1.77. The van der Waals surface area contributed by atoms with Crippen molar-refractivity contribution in [2.75, 3.05) is 24.2 Å². The van der Waals surface area contributed by atoms with Gasteiger partial charge in [0.25, 0.3) is 5.91 Å². The first kappa shape index (κ1) is 11.9. The van der Waals surface area contributed by atoms with E-state index in [1.807, 2.05) is 6.07 Å². The molecule has 84 valence electrons. The van der Waals surface area contributed by atoms with Gasteiger partial charge in [0.1, 0.15) is 0 Å². The lowest BCUT2D eigenvalue weighted by atomic mass is 10.1. The molecule has 0 bridgehead atoms. The van der Waals surface area contributed by atoms with Crippen LogP contribution in [0.1, 0.15) is 16.8 Å². The summed E-state index contributed by atoms with van der Waals surface area (Å²) in [5.41, 5.74) is 12.5. The third kappa shape index (κ3) is 2.42. The molecule has 1 aromatic carbocycles. The lowest BCUT2D eigenvalue weighted by Crippen LogP contribution is -2.24. The van der Waals surface area contributed by atoms with Crippen LogP contribution >= 0.6 is 0 Å². The second-order valence-electron chi connectivity index (χ2n) is 3.44. The van der Waals surface area contributed by atoms with E-state index in [1.165, 1.54) is 0 Å². The summed E-state index contributed by atoms with van der Waals surface area (Å²) >= 11 is 0. The molecule has 0 aliphatic heterocycles. The molecule has 1 aromatic rings. The van der Waals surface area contributed by atoms with E-state index in [-0.39, 0.29) is 0 Å². The minimum absolute atomic E-state index is 0.364. The molecule has 1 rings (SSSR count). The quantitative estimate of drug-likeness (QED) is 0.727. The van der Waals surface area contributed by atoms with E-state index in [0.29, 0.717) is 29.9 Å². The number of benzene rings is 1. The van der Waals surface area contributed by atoms with Gasteiger partial charge in [-0.2, -0.15) is 5.26 Å². The molecular weight excluding hydrogens is 204 g/mol. The molecule has 0 unspecified atom stereocenters. The molecule has 0 fully saturated rings. The van der Waals surface area contributed by atoms with E-state index in [4.69, 9.17) is 16.7 Å². The minimum atomic E-state index is -0.522. The summed E-state index contributed by atoms with van der Waals surface area (Å²) in [6, 6.07) is 7.04. The van der Waals surface area contributed by atoms with Crippen LogP contribution in [0.5, 0.6) is 0 Å². The van der Waals surface area contributed by atoms with Crippen LogP contribution in [-0.4, -0.2) is 19.5 Å². The fourth-order valence-electron chi connectivity index (χ4n) is 1.52. The van der Waals surface area contributed by atoms with Gasteiger partial charge in [-0.25, -0.2) is 0 Å². The number of carbonyl (C=O) groups excluding carboxylic acids is 1. The van der Waals surface area contributed by atoms with Gasteiger partial charge in [0, 0.05) is 13.6 Å². The first-order valence-electron chi connectivity index (χ1n) is 4.84. The number of rotatable bonds is 4. The topological polar surface area (TPSA) is 96.1 Å². The fourth-order valence-corrected chi connectivity index (χ4v) is 1.52. The molecule has 5 heteroatoms. The highest BCUT2D eigenvalue weighted by atomic mass is 16.1. The van der Waals surface area contributed by atoms with Gasteiger partial charge in [-0.05, 0) is 12.1 Å². The van der Waals surface area contributed by atoms with Crippen LogP contribution in [0.3, 0.4) is 0 Å². The highest BCUT2D eigenvalue weighted by molar-refractivity contribution is 6.01. The van der Waals surface area contributed by atoms with Crippen LogP contribution in [0.4, 0.5) is 11.4 Å². The molecule has 0 aliphatic carbocycles. The summed E-state index contributed by atoms with van der Waals surface area (Å²) in [5.74, 6) is -0.522. The Bertz CT molecular complexity index is 436. The lowest BCUT2D eigenvalue weighted by molar-refractivity contribution is 0.100. The SMILES string of the molecule is CN(CCC#N)c1c(N)cccc1C(N)=O. The molecule has 0 aliphatic rings. The van der Waals surface area contributed by atoms with Gasteiger partial charge in [0.15, 0.2) is 0 Å². The zero-order chi connectivity index (χ0) is 12.1. The minimum Gasteiger partial charge on any atom is -0.397 e. The van der Waals surface area contributed by atoms with E-state index in [9.17, 15) is 4.79 Å². The van der Waals surface area contributed by atoms with Crippen molar-refractivity contribution in [3.63, 3.8) is 0 Å². The monoisotopic (exact) mass is 218 g/mol. The molecule has 4 N–H and O–H groups in total. The maximum Gasteiger partial charge on any atom is 0.250 e. The predicted octanol–water partition coefficient (Wildman–Crippen LogP) is 0.718. The predicted molar refractivity (Wildman–Crippen MR) is 62.9 cm³/mol. The standard InChI is InChI=1S/C11H14N4O/c1-15(7-3-6-12)10-8(11(14)16)4-2-5-9(10)13/h2,4-5H,3,7,13H2,1H3,(H2,14,16). The Labute approximate surface area is 94.2 Å². The van der Waals surface area contributed by atoms with Gasteiger partial charge >= 0.3 is 0 Å². The molecule has 0 heterocycles. The number of nitrogens with two attached hydrogens (primary N) is 2. The van der Waals surface area contributed by atoms with Gasteiger partial charge in [0.2, 0.25) is 0 Å². The lowest BCUT2D eigenvalue weighted by Gasteiger charge is -2.22. The Morgan fingerprint density at radius 2 is 2.25 bits per heavy atom. The average molecular weight is 218 g/mol. The molecular formula is C11H14N4O. The number of para-hydroxylation sites is 1. The fraction of sp³-hybridized carbons (Fsp3) is 0.273. The molecule has 0 atom stereocenters. The van der Waals surface area contributed by atoms with Gasteiger partial charge in [0.05, 0.1) is 29.4 Å². The number of carbonyl (C=O) groups is 1. The number of hydrogen-bond acceptors (Lipinski definition) is 4. The van der Waals surface area contributed by atoms with Crippen LogP contribution < -0.4 is 16.4 Å². The van der Waals surface area contributed by atoms with Crippen LogP contribution in [0.25, 0.3) is 0 Å². The molecule has 0 saturated carbocycles.